The molecular formula is C18H26N2O3. The van der Waals surface area contributed by atoms with Gasteiger partial charge in [-0.05, 0) is 52.5 Å². The Bertz CT molecular complexity index is 589. The van der Waals surface area contributed by atoms with Crippen molar-refractivity contribution >= 4 is 12.0 Å². The number of carbonyl (C=O) groups is 2. The summed E-state index contributed by atoms with van der Waals surface area (Å²) < 4.78 is 5.51. The summed E-state index contributed by atoms with van der Waals surface area (Å²) in [6.07, 6.45) is 1.71. The number of likely N-dealkylation sites (tertiary alicyclic amines) is 1. The molecule has 5 nitrogen and oxygen atoms in total. The summed E-state index contributed by atoms with van der Waals surface area (Å²) >= 11 is 0. The van der Waals surface area contributed by atoms with E-state index in [4.69, 9.17) is 10.5 Å². The standard InChI is InChI=1S/C18H26N2O3/c1-13-7-9-14(10-8-13)18(15(19)21)11-5-6-12-20(18)16(22)23-17(2,3)4/h7-10H,5-6,11-12H2,1-4H3,(H2,19,21). The Balaban J connectivity index is 2.47. The molecule has 0 saturated carbocycles. The number of primary amides is 1. The molecule has 1 fully saturated rings. The molecule has 23 heavy (non-hydrogen) atoms. The van der Waals surface area contributed by atoms with Crippen LogP contribution in [0.15, 0.2) is 24.3 Å². The zero-order valence-electron chi connectivity index (χ0n) is 14.4. The molecule has 1 saturated heterocycles. The Hall–Kier alpha value is -2.04. The molecule has 126 valence electrons. The lowest BCUT2D eigenvalue weighted by Gasteiger charge is -2.45. The van der Waals surface area contributed by atoms with Crippen molar-refractivity contribution in [3.8, 4) is 0 Å². The molecule has 5 heteroatoms. The summed E-state index contributed by atoms with van der Waals surface area (Å²) in [5.41, 5.74) is 5.87. The molecule has 1 heterocycles. The van der Waals surface area contributed by atoms with Gasteiger partial charge in [0.2, 0.25) is 5.91 Å². The number of carbonyl (C=O) groups excluding carboxylic acids is 2. The van der Waals surface area contributed by atoms with Crippen molar-refractivity contribution in [3.05, 3.63) is 35.4 Å². The number of nitrogens with two attached hydrogens (primary N) is 1. The van der Waals surface area contributed by atoms with Crippen LogP contribution >= 0.6 is 0 Å². The first-order valence-corrected chi connectivity index (χ1v) is 8.04. The van der Waals surface area contributed by atoms with Crippen LogP contribution in [0.3, 0.4) is 0 Å². The fraction of sp³-hybridized carbons (Fsp3) is 0.556. The summed E-state index contributed by atoms with van der Waals surface area (Å²) in [6.45, 7) is 7.88. The topological polar surface area (TPSA) is 72.6 Å². The van der Waals surface area contributed by atoms with Crippen LogP contribution < -0.4 is 5.73 Å². The van der Waals surface area contributed by atoms with Crippen LogP contribution in [0, 0.1) is 6.92 Å². The van der Waals surface area contributed by atoms with Gasteiger partial charge in [-0.25, -0.2) is 4.79 Å². The summed E-state index contributed by atoms with van der Waals surface area (Å²) in [6, 6.07) is 7.62. The Morgan fingerprint density at radius 2 is 1.78 bits per heavy atom. The number of rotatable bonds is 2. The van der Waals surface area contributed by atoms with Gasteiger partial charge in [-0.3, -0.25) is 9.69 Å². The van der Waals surface area contributed by atoms with E-state index in [1.165, 1.54) is 4.90 Å². The predicted molar refractivity (Wildman–Crippen MR) is 88.8 cm³/mol. The SMILES string of the molecule is Cc1ccc(C2(C(N)=O)CCCCN2C(=O)OC(C)(C)C)cc1. The third kappa shape index (κ3) is 3.49. The fourth-order valence-electron chi connectivity index (χ4n) is 3.07. The maximum atomic E-state index is 12.7. The van der Waals surface area contributed by atoms with Gasteiger partial charge in [0, 0.05) is 6.54 Å². The quantitative estimate of drug-likeness (QED) is 0.910. The lowest BCUT2D eigenvalue weighted by Crippen LogP contribution is -2.60. The van der Waals surface area contributed by atoms with Gasteiger partial charge < -0.3 is 10.5 Å². The number of piperidine rings is 1. The molecule has 1 atom stereocenters. The van der Waals surface area contributed by atoms with Crippen LogP contribution in [0.2, 0.25) is 0 Å². The van der Waals surface area contributed by atoms with Crippen molar-refractivity contribution in [2.24, 2.45) is 5.73 Å². The van der Waals surface area contributed by atoms with Gasteiger partial charge in [0.25, 0.3) is 0 Å². The molecule has 0 radical (unpaired) electrons. The highest BCUT2D eigenvalue weighted by atomic mass is 16.6. The van der Waals surface area contributed by atoms with E-state index in [1.54, 1.807) is 0 Å². The smallest absolute Gasteiger partial charge is 0.411 e. The molecule has 0 aliphatic carbocycles. The third-order valence-corrected chi connectivity index (χ3v) is 4.18. The molecule has 1 aliphatic rings. The second kappa shape index (κ2) is 6.22. The van der Waals surface area contributed by atoms with Gasteiger partial charge in [-0.2, -0.15) is 0 Å². The molecule has 0 spiro atoms. The van der Waals surface area contributed by atoms with E-state index < -0.39 is 23.1 Å². The molecule has 0 bridgehead atoms. The van der Waals surface area contributed by atoms with Crippen LogP contribution in [0.25, 0.3) is 0 Å². The van der Waals surface area contributed by atoms with E-state index in [2.05, 4.69) is 0 Å². The minimum atomic E-state index is -1.13. The Kier molecular flexibility index (Phi) is 4.68. The average Bonchev–Trinajstić information content (AvgIpc) is 2.45. The lowest BCUT2D eigenvalue weighted by molar-refractivity contribution is -0.133. The number of hydrogen-bond acceptors (Lipinski definition) is 3. The predicted octanol–water partition coefficient (Wildman–Crippen LogP) is 3.10. The minimum absolute atomic E-state index is 0.464. The van der Waals surface area contributed by atoms with Gasteiger partial charge in [0.1, 0.15) is 11.1 Å². The molecule has 0 aromatic heterocycles. The first-order valence-electron chi connectivity index (χ1n) is 8.04. The van der Waals surface area contributed by atoms with Gasteiger partial charge in [0.15, 0.2) is 0 Å². The lowest BCUT2D eigenvalue weighted by atomic mass is 9.79. The molecule has 1 aliphatic heterocycles. The highest BCUT2D eigenvalue weighted by Crippen LogP contribution is 2.38. The van der Waals surface area contributed by atoms with E-state index >= 15 is 0 Å². The molecule has 1 unspecified atom stereocenters. The van der Waals surface area contributed by atoms with E-state index in [0.717, 1.165) is 24.0 Å². The number of aryl methyl sites for hydroxylation is 1. The van der Waals surface area contributed by atoms with Crippen LogP contribution in [0.5, 0.6) is 0 Å². The average molecular weight is 318 g/mol. The number of nitrogens with zero attached hydrogens (tertiary/aromatic N) is 1. The minimum Gasteiger partial charge on any atom is -0.444 e. The Morgan fingerprint density at radius 1 is 1.17 bits per heavy atom. The number of ether oxygens (including phenoxy) is 1. The van der Waals surface area contributed by atoms with E-state index in [0.29, 0.717) is 13.0 Å². The van der Waals surface area contributed by atoms with Gasteiger partial charge >= 0.3 is 6.09 Å². The summed E-state index contributed by atoms with van der Waals surface area (Å²) in [7, 11) is 0. The Morgan fingerprint density at radius 3 is 2.30 bits per heavy atom. The maximum absolute atomic E-state index is 12.7. The summed E-state index contributed by atoms with van der Waals surface area (Å²) in [5, 5.41) is 0. The zero-order chi connectivity index (χ0) is 17.3. The van der Waals surface area contributed by atoms with Crippen LogP contribution in [-0.2, 0) is 15.1 Å². The summed E-state index contributed by atoms with van der Waals surface area (Å²) in [4.78, 5) is 26.6. The number of hydrogen-bond donors (Lipinski definition) is 1. The molecule has 1 aromatic rings. The summed E-state index contributed by atoms with van der Waals surface area (Å²) in [5.74, 6) is -0.507. The number of amides is 2. The van der Waals surface area contributed by atoms with Gasteiger partial charge in [-0.1, -0.05) is 29.8 Å². The van der Waals surface area contributed by atoms with Crippen molar-refractivity contribution in [3.63, 3.8) is 0 Å². The number of benzene rings is 1. The van der Waals surface area contributed by atoms with Crippen LogP contribution in [0.4, 0.5) is 4.79 Å². The van der Waals surface area contributed by atoms with E-state index in [1.807, 2.05) is 52.0 Å². The maximum Gasteiger partial charge on any atom is 0.411 e. The third-order valence-electron chi connectivity index (χ3n) is 4.18. The van der Waals surface area contributed by atoms with Gasteiger partial charge in [0.05, 0.1) is 0 Å². The van der Waals surface area contributed by atoms with Crippen LogP contribution in [-0.4, -0.2) is 29.0 Å². The monoisotopic (exact) mass is 318 g/mol. The van der Waals surface area contributed by atoms with Crippen molar-refractivity contribution in [1.82, 2.24) is 4.90 Å². The van der Waals surface area contributed by atoms with Crippen molar-refractivity contribution in [2.45, 2.75) is 58.1 Å². The second-order valence-electron chi connectivity index (χ2n) is 7.18. The highest BCUT2D eigenvalue weighted by Gasteiger charge is 2.49. The highest BCUT2D eigenvalue weighted by molar-refractivity contribution is 5.90. The largest absolute Gasteiger partial charge is 0.444 e. The van der Waals surface area contributed by atoms with Crippen molar-refractivity contribution < 1.29 is 14.3 Å². The van der Waals surface area contributed by atoms with Gasteiger partial charge in [-0.15, -0.1) is 0 Å². The normalized spacial score (nSPS) is 21.8. The first-order chi connectivity index (χ1) is 10.7. The fourth-order valence-corrected chi connectivity index (χ4v) is 3.07. The first kappa shape index (κ1) is 17.3. The molecule has 2 amide bonds. The molecular weight excluding hydrogens is 292 g/mol. The van der Waals surface area contributed by atoms with Crippen LogP contribution in [0.1, 0.15) is 51.2 Å². The van der Waals surface area contributed by atoms with E-state index in [9.17, 15) is 9.59 Å². The van der Waals surface area contributed by atoms with Crippen molar-refractivity contribution in [1.29, 1.82) is 0 Å². The second-order valence-corrected chi connectivity index (χ2v) is 7.18. The Labute approximate surface area is 137 Å². The zero-order valence-corrected chi connectivity index (χ0v) is 14.4. The molecule has 1 aromatic carbocycles. The molecule has 2 N–H and O–H groups in total. The van der Waals surface area contributed by atoms with Crippen molar-refractivity contribution in [2.75, 3.05) is 6.54 Å². The van der Waals surface area contributed by atoms with E-state index in [-0.39, 0.29) is 0 Å². The molecule has 2 rings (SSSR count).